The minimum Gasteiger partial charge on any atom is -0.481 e. The summed E-state index contributed by atoms with van der Waals surface area (Å²) in [4.78, 5) is 23.4. The summed E-state index contributed by atoms with van der Waals surface area (Å²) < 4.78 is 5.98. The molecule has 0 rings (SSSR count). The van der Waals surface area contributed by atoms with Gasteiger partial charge >= 0.3 is 11.9 Å². The number of hydrogen-bond acceptors (Lipinski definition) is 3. The summed E-state index contributed by atoms with van der Waals surface area (Å²) >= 11 is 0. The summed E-state index contributed by atoms with van der Waals surface area (Å²) in [5, 5.41) is 8.85. The molecule has 0 spiro atoms. The van der Waals surface area contributed by atoms with Gasteiger partial charge in [0.2, 0.25) is 0 Å². The normalized spacial score (nSPS) is 12.0. The van der Waals surface area contributed by atoms with Gasteiger partial charge in [0.1, 0.15) is 6.10 Å². The summed E-state index contributed by atoms with van der Waals surface area (Å²) in [6.45, 7) is 4.56. The van der Waals surface area contributed by atoms with Crippen molar-refractivity contribution in [2.24, 2.45) is 0 Å². The van der Waals surface area contributed by atoms with Gasteiger partial charge in [-0.25, -0.2) is 0 Å². The second-order valence-electron chi connectivity index (χ2n) is 14.5. The molecule has 0 aromatic heterocycles. The zero-order valence-corrected chi connectivity index (χ0v) is 31.4. The third-order valence-electron chi connectivity index (χ3n) is 9.83. The molecule has 1 unspecified atom stereocenters. The standard InChI is InChI=1S/C42H82O4/c1-3-5-7-9-11-13-15-16-17-18-19-20-21-22-23-25-27-29-35-39-42(45)46-40(37-33-30-31-34-38-41(43)44)36-32-28-26-24-14-12-10-8-6-4-2/h40H,3-39H2,1-2H3,(H,43,44). The maximum Gasteiger partial charge on any atom is 0.306 e. The second-order valence-corrected chi connectivity index (χ2v) is 14.5. The van der Waals surface area contributed by atoms with Crippen molar-refractivity contribution in [3.8, 4) is 0 Å². The van der Waals surface area contributed by atoms with Crippen LogP contribution in [0.4, 0.5) is 0 Å². The minimum absolute atomic E-state index is 0.00469. The van der Waals surface area contributed by atoms with Gasteiger partial charge in [0.05, 0.1) is 0 Å². The molecule has 0 aliphatic rings. The van der Waals surface area contributed by atoms with E-state index in [9.17, 15) is 9.59 Å². The van der Waals surface area contributed by atoms with E-state index in [2.05, 4.69) is 13.8 Å². The fourth-order valence-electron chi connectivity index (χ4n) is 6.72. The third kappa shape index (κ3) is 37.4. The third-order valence-corrected chi connectivity index (χ3v) is 9.83. The van der Waals surface area contributed by atoms with Crippen LogP contribution in [0.5, 0.6) is 0 Å². The topological polar surface area (TPSA) is 63.6 Å². The van der Waals surface area contributed by atoms with E-state index in [0.29, 0.717) is 6.42 Å². The molecule has 46 heavy (non-hydrogen) atoms. The molecule has 0 aliphatic carbocycles. The molecule has 0 aromatic carbocycles. The Morgan fingerprint density at radius 3 is 0.957 bits per heavy atom. The second kappa shape index (κ2) is 38.4. The zero-order valence-electron chi connectivity index (χ0n) is 31.4. The first-order chi connectivity index (χ1) is 22.6. The minimum atomic E-state index is -0.706. The average molecular weight is 651 g/mol. The van der Waals surface area contributed by atoms with Crippen LogP contribution >= 0.6 is 0 Å². The number of carbonyl (C=O) groups is 2. The Morgan fingerprint density at radius 2 is 0.652 bits per heavy atom. The Bertz CT molecular complexity index is 619. The molecule has 0 saturated heterocycles. The number of carboxylic acid groups (broad SMARTS) is 1. The van der Waals surface area contributed by atoms with Crippen LogP contribution in [-0.4, -0.2) is 23.1 Å². The number of carbonyl (C=O) groups excluding carboxylic acids is 1. The lowest BCUT2D eigenvalue weighted by Gasteiger charge is -2.18. The van der Waals surface area contributed by atoms with Gasteiger partial charge in [-0.1, -0.05) is 200 Å². The van der Waals surface area contributed by atoms with Crippen LogP contribution in [0.15, 0.2) is 0 Å². The number of ether oxygens (including phenoxy) is 1. The Balaban J connectivity index is 3.83. The molecule has 0 radical (unpaired) electrons. The number of hydrogen-bond donors (Lipinski definition) is 1. The lowest BCUT2D eigenvalue weighted by molar-refractivity contribution is -0.150. The van der Waals surface area contributed by atoms with E-state index in [1.54, 1.807) is 0 Å². The van der Waals surface area contributed by atoms with Gasteiger partial charge in [-0.05, 0) is 38.5 Å². The Hall–Kier alpha value is -1.06. The highest BCUT2D eigenvalue weighted by Crippen LogP contribution is 2.19. The predicted octanol–water partition coefficient (Wildman–Crippen LogP) is 14.5. The van der Waals surface area contributed by atoms with Gasteiger partial charge < -0.3 is 9.84 Å². The van der Waals surface area contributed by atoms with E-state index >= 15 is 0 Å². The highest BCUT2D eigenvalue weighted by Gasteiger charge is 2.14. The summed E-state index contributed by atoms with van der Waals surface area (Å²) in [6, 6.07) is 0. The van der Waals surface area contributed by atoms with Crippen LogP contribution in [0.2, 0.25) is 0 Å². The van der Waals surface area contributed by atoms with Crippen molar-refractivity contribution in [2.45, 2.75) is 258 Å². The highest BCUT2D eigenvalue weighted by molar-refractivity contribution is 5.69. The van der Waals surface area contributed by atoms with Crippen molar-refractivity contribution < 1.29 is 19.4 Å². The molecule has 0 heterocycles. The van der Waals surface area contributed by atoms with E-state index in [1.807, 2.05) is 0 Å². The highest BCUT2D eigenvalue weighted by atomic mass is 16.5. The van der Waals surface area contributed by atoms with Gasteiger partial charge in [-0.2, -0.15) is 0 Å². The first kappa shape index (κ1) is 44.9. The Labute approximate surface area is 288 Å². The average Bonchev–Trinajstić information content (AvgIpc) is 3.04. The fraction of sp³-hybridized carbons (Fsp3) is 0.952. The quantitative estimate of drug-likeness (QED) is 0.0531. The van der Waals surface area contributed by atoms with Crippen LogP contribution in [0.3, 0.4) is 0 Å². The van der Waals surface area contributed by atoms with Gasteiger partial charge in [0.15, 0.2) is 0 Å². The summed E-state index contributed by atoms with van der Waals surface area (Å²) in [5.74, 6) is -0.711. The van der Waals surface area contributed by atoms with E-state index in [4.69, 9.17) is 9.84 Å². The molecule has 1 N–H and O–H groups in total. The molecule has 274 valence electrons. The SMILES string of the molecule is CCCCCCCCCCCCCCCCCCCCCC(=O)OC(CCCCCCCCCCCC)CCCCCCC(=O)O. The van der Waals surface area contributed by atoms with Crippen molar-refractivity contribution in [3.63, 3.8) is 0 Å². The molecule has 0 aromatic rings. The largest absolute Gasteiger partial charge is 0.481 e. The van der Waals surface area contributed by atoms with Crippen LogP contribution in [0.25, 0.3) is 0 Å². The van der Waals surface area contributed by atoms with Crippen molar-refractivity contribution in [1.29, 1.82) is 0 Å². The number of aliphatic carboxylic acids is 1. The van der Waals surface area contributed by atoms with Gasteiger partial charge in [0.25, 0.3) is 0 Å². The first-order valence-corrected chi connectivity index (χ1v) is 21.0. The fourth-order valence-corrected chi connectivity index (χ4v) is 6.72. The number of rotatable bonds is 39. The lowest BCUT2D eigenvalue weighted by Crippen LogP contribution is -2.18. The van der Waals surface area contributed by atoms with Crippen molar-refractivity contribution in [3.05, 3.63) is 0 Å². The summed E-state index contributed by atoms with van der Waals surface area (Å²) in [6.07, 6.45) is 45.6. The monoisotopic (exact) mass is 651 g/mol. The molecular formula is C42H82O4. The maximum absolute atomic E-state index is 12.6. The molecule has 0 saturated carbocycles. The molecule has 0 amide bonds. The smallest absolute Gasteiger partial charge is 0.306 e. The summed E-state index contributed by atoms with van der Waals surface area (Å²) in [7, 11) is 0. The van der Waals surface area contributed by atoms with Gasteiger partial charge in [-0.15, -0.1) is 0 Å². The number of esters is 1. The van der Waals surface area contributed by atoms with Gasteiger partial charge in [-0.3, -0.25) is 9.59 Å². The molecular weight excluding hydrogens is 568 g/mol. The van der Waals surface area contributed by atoms with E-state index in [-0.39, 0.29) is 18.5 Å². The van der Waals surface area contributed by atoms with E-state index in [0.717, 1.165) is 57.8 Å². The first-order valence-electron chi connectivity index (χ1n) is 21.0. The summed E-state index contributed by atoms with van der Waals surface area (Å²) in [5.41, 5.74) is 0. The Kier molecular flexibility index (Phi) is 37.5. The number of carboxylic acids is 1. The molecule has 1 atom stereocenters. The van der Waals surface area contributed by atoms with Crippen molar-refractivity contribution in [2.75, 3.05) is 0 Å². The molecule has 0 fully saturated rings. The van der Waals surface area contributed by atoms with E-state index < -0.39 is 5.97 Å². The van der Waals surface area contributed by atoms with E-state index in [1.165, 1.54) is 167 Å². The van der Waals surface area contributed by atoms with Crippen LogP contribution in [-0.2, 0) is 14.3 Å². The Morgan fingerprint density at radius 1 is 0.391 bits per heavy atom. The number of unbranched alkanes of at least 4 members (excludes halogenated alkanes) is 30. The van der Waals surface area contributed by atoms with Crippen molar-refractivity contribution >= 4 is 11.9 Å². The van der Waals surface area contributed by atoms with Crippen molar-refractivity contribution in [1.82, 2.24) is 0 Å². The maximum atomic E-state index is 12.6. The predicted molar refractivity (Wildman–Crippen MR) is 200 cm³/mol. The molecule has 4 nitrogen and oxygen atoms in total. The van der Waals surface area contributed by atoms with Crippen LogP contribution in [0.1, 0.15) is 251 Å². The van der Waals surface area contributed by atoms with Gasteiger partial charge in [0, 0.05) is 12.8 Å². The molecule has 0 bridgehead atoms. The lowest BCUT2D eigenvalue weighted by atomic mass is 10.0. The van der Waals surface area contributed by atoms with Crippen LogP contribution < -0.4 is 0 Å². The zero-order chi connectivity index (χ0) is 33.6. The van der Waals surface area contributed by atoms with Crippen LogP contribution in [0, 0.1) is 0 Å². The molecule has 4 heteroatoms. The molecule has 0 aliphatic heterocycles.